The van der Waals surface area contributed by atoms with E-state index in [1.807, 2.05) is 24.3 Å². The Morgan fingerprint density at radius 2 is 1.05 bits per heavy atom. The van der Waals surface area contributed by atoms with Crippen LogP contribution in [0.2, 0.25) is 0 Å². The van der Waals surface area contributed by atoms with Gasteiger partial charge in [-0.2, -0.15) is 0 Å². The molecule has 4 aromatic carbocycles. The molecule has 1 saturated carbocycles. The summed E-state index contributed by atoms with van der Waals surface area (Å²) >= 11 is 0. The lowest BCUT2D eigenvalue weighted by Crippen LogP contribution is -2.30. The average Bonchev–Trinajstić information content (AvgIpc) is 2.98. The van der Waals surface area contributed by atoms with E-state index in [9.17, 15) is 9.59 Å². The van der Waals surface area contributed by atoms with E-state index in [4.69, 9.17) is 14.2 Å². The summed E-state index contributed by atoms with van der Waals surface area (Å²) in [5.41, 5.74) is 3.55. The summed E-state index contributed by atoms with van der Waals surface area (Å²) in [6, 6.07) is 30.1. The van der Waals surface area contributed by atoms with Crippen molar-refractivity contribution in [3.63, 3.8) is 0 Å². The van der Waals surface area contributed by atoms with E-state index in [1.165, 1.54) is 37.3 Å². The molecule has 0 aliphatic heterocycles. The Hall–Kier alpha value is -4.38. The van der Waals surface area contributed by atoms with Crippen LogP contribution in [0.4, 0.5) is 0 Å². The summed E-state index contributed by atoms with van der Waals surface area (Å²) in [5.74, 6) is 2.14. The Morgan fingerprint density at radius 1 is 0.590 bits per heavy atom. The molecule has 39 heavy (non-hydrogen) atoms. The maximum absolute atomic E-state index is 12.8. The van der Waals surface area contributed by atoms with Gasteiger partial charge in [0.25, 0.3) is 0 Å². The van der Waals surface area contributed by atoms with Crippen molar-refractivity contribution in [1.82, 2.24) is 0 Å². The van der Waals surface area contributed by atoms with Crippen molar-refractivity contribution in [2.24, 2.45) is 0 Å². The van der Waals surface area contributed by atoms with Gasteiger partial charge in [0.2, 0.25) is 0 Å². The number of hydrogen-bond acceptors (Lipinski definition) is 5. The van der Waals surface area contributed by atoms with Gasteiger partial charge in [0.05, 0.1) is 12.7 Å². The topological polar surface area (TPSA) is 61.8 Å². The van der Waals surface area contributed by atoms with E-state index in [0.29, 0.717) is 28.4 Å². The molecule has 0 aromatic heterocycles. The van der Waals surface area contributed by atoms with Gasteiger partial charge in [-0.3, -0.25) is 4.79 Å². The number of Topliss-reactive ketones (excluding diaryl/α,β-unsaturated/α-hetero) is 1. The molecule has 0 atom stereocenters. The van der Waals surface area contributed by atoms with Crippen molar-refractivity contribution in [3.8, 4) is 23.0 Å². The molecule has 5 nitrogen and oxygen atoms in total. The number of methoxy groups -OCH3 is 1. The second kappa shape index (κ2) is 11.6. The summed E-state index contributed by atoms with van der Waals surface area (Å²) in [7, 11) is 1.69. The summed E-state index contributed by atoms with van der Waals surface area (Å²) in [4.78, 5) is 24.3. The minimum absolute atomic E-state index is 0.00443. The Bertz CT molecular complexity index is 1410. The molecule has 0 radical (unpaired) electrons. The van der Waals surface area contributed by atoms with Crippen molar-refractivity contribution in [2.75, 3.05) is 7.11 Å². The molecule has 0 spiro atoms. The minimum Gasteiger partial charge on any atom is -0.497 e. The molecule has 0 N–H and O–H groups in total. The van der Waals surface area contributed by atoms with E-state index in [2.05, 4.69) is 24.3 Å². The molecule has 0 heterocycles. The van der Waals surface area contributed by atoms with Gasteiger partial charge >= 0.3 is 5.97 Å². The van der Waals surface area contributed by atoms with E-state index < -0.39 is 5.97 Å². The fourth-order valence-corrected chi connectivity index (χ4v) is 5.37. The third kappa shape index (κ3) is 5.88. The molecular weight excluding hydrogens is 488 g/mol. The zero-order chi connectivity index (χ0) is 27.2. The van der Waals surface area contributed by atoms with Crippen LogP contribution in [0.1, 0.15) is 70.9 Å². The highest BCUT2D eigenvalue weighted by atomic mass is 16.5. The summed E-state index contributed by atoms with van der Waals surface area (Å²) in [6.07, 6.45) is 5.81. The first-order valence-electron chi connectivity index (χ1n) is 13.3. The highest BCUT2D eigenvalue weighted by Gasteiger charge is 2.35. The Labute approximate surface area is 229 Å². The predicted octanol–water partition coefficient (Wildman–Crippen LogP) is 8.16. The van der Waals surface area contributed by atoms with Gasteiger partial charge in [0.15, 0.2) is 5.78 Å². The zero-order valence-corrected chi connectivity index (χ0v) is 22.3. The lowest BCUT2D eigenvalue weighted by molar-refractivity contribution is 0.0734. The number of carbonyl (C=O) groups is 2. The molecule has 1 fully saturated rings. The van der Waals surface area contributed by atoms with Crippen LogP contribution >= 0.6 is 0 Å². The van der Waals surface area contributed by atoms with E-state index >= 15 is 0 Å². The molecule has 0 amide bonds. The van der Waals surface area contributed by atoms with Crippen molar-refractivity contribution in [2.45, 2.75) is 44.4 Å². The average molecular weight is 521 g/mol. The van der Waals surface area contributed by atoms with Crippen molar-refractivity contribution < 1.29 is 23.8 Å². The molecular formula is C34H32O5. The Morgan fingerprint density at radius 3 is 1.54 bits per heavy atom. The van der Waals surface area contributed by atoms with Crippen LogP contribution in [0, 0.1) is 0 Å². The van der Waals surface area contributed by atoms with E-state index in [-0.39, 0.29) is 11.2 Å². The normalized spacial score (nSPS) is 14.3. The summed E-state index contributed by atoms with van der Waals surface area (Å²) < 4.78 is 16.9. The number of benzene rings is 4. The summed E-state index contributed by atoms with van der Waals surface area (Å²) in [5, 5.41) is 0. The van der Waals surface area contributed by atoms with Crippen LogP contribution in [-0.4, -0.2) is 18.9 Å². The van der Waals surface area contributed by atoms with E-state index in [1.54, 1.807) is 55.6 Å². The molecule has 1 aliphatic carbocycles. The first-order valence-corrected chi connectivity index (χ1v) is 13.3. The molecule has 1 aliphatic rings. The maximum atomic E-state index is 12.8. The number of carbonyl (C=O) groups excluding carboxylic acids is 2. The lowest BCUT2D eigenvalue weighted by atomic mass is 9.65. The zero-order valence-electron chi connectivity index (χ0n) is 22.3. The number of esters is 1. The van der Waals surface area contributed by atoms with Crippen LogP contribution in [0.3, 0.4) is 0 Å². The molecule has 0 unspecified atom stereocenters. The van der Waals surface area contributed by atoms with Crippen molar-refractivity contribution in [1.29, 1.82) is 0 Å². The molecule has 198 valence electrons. The quantitative estimate of drug-likeness (QED) is 0.133. The van der Waals surface area contributed by atoms with Gasteiger partial charge in [0, 0.05) is 11.0 Å². The number of ketones is 1. The van der Waals surface area contributed by atoms with E-state index in [0.717, 1.165) is 18.6 Å². The fraction of sp³-hybridized carbons (Fsp3) is 0.235. The second-order valence-electron chi connectivity index (χ2n) is 9.99. The van der Waals surface area contributed by atoms with Crippen LogP contribution in [0.15, 0.2) is 97.1 Å². The number of ether oxygens (including phenoxy) is 3. The second-order valence-corrected chi connectivity index (χ2v) is 9.99. The molecule has 4 aromatic rings. The third-order valence-electron chi connectivity index (χ3n) is 7.55. The van der Waals surface area contributed by atoms with Gasteiger partial charge in [-0.25, -0.2) is 4.79 Å². The highest BCUT2D eigenvalue weighted by molar-refractivity contribution is 5.94. The van der Waals surface area contributed by atoms with Gasteiger partial charge < -0.3 is 14.2 Å². The van der Waals surface area contributed by atoms with Gasteiger partial charge in [-0.1, -0.05) is 43.5 Å². The Balaban J connectivity index is 1.26. The minimum atomic E-state index is -0.428. The molecule has 5 rings (SSSR count). The number of hydrogen-bond donors (Lipinski definition) is 0. The van der Waals surface area contributed by atoms with Crippen LogP contribution in [0.5, 0.6) is 23.0 Å². The first kappa shape index (κ1) is 26.2. The van der Waals surface area contributed by atoms with Gasteiger partial charge in [-0.05, 0) is 104 Å². The largest absolute Gasteiger partial charge is 0.497 e. The van der Waals surface area contributed by atoms with Crippen molar-refractivity contribution >= 4 is 11.8 Å². The standard InChI is InChI=1S/C34H32O5/c1-24(35)25-6-14-30(15-7-25)38-31-16-8-26(9-17-31)33(36)39-32-20-12-28(13-21-32)34(22-4-3-5-23-34)27-10-18-29(37-2)19-11-27/h6-21H,3-5,22-23H2,1-2H3. The third-order valence-corrected chi connectivity index (χ3v) is 7.55. The lowest BCUT2D eigenvalue weighted by Gasteiger charge is -2.38. The van der Waals surface area contributed by atoms with Crippen LogP contribution in [0.25, 0.3) is 0 Å². The number of rotatable bonds is 8. The Kier molecular flexibility index (Phi) is 7.78. The smallest absolute Gasteiger partial charge is 0.343 e. The molecule has 0 saturated heterocycles. The maximum Gasteiger partial charge on any atom is 0.343 e. The van der Waals surface area contributed by atoms with Crippen LogP contribution in [-0.2, 0) is 5.41 Å². The summed E-state index contributed by atoms with van der Waals surface area (Å²) in [6.45, 7) is 1.53. The monoisotopic (exact) mass is 520 g/mol. The molecule has 5 heteroatoms. The fourth-order valence-electron chi connectivity index (χ4n) is 5.37. The van der Waals surface area contributed by atoms with Crippen LogP contribution < -0.4 is 14.2 Å². The predicted molar refractivity (Wildman–Crippen MR) is 151 cm³/mol. The van der Waals surface area contributed by atoms with Gasteiger partial charge in [0.1, 0.15) is 23.0 Å². The molecule has 0 bridgehead atoms. The van der Waals surface area contributed by atoms with Gasteiger partial charge in [-0.15, -0.1) is 0 Å². The van der Waals surface area contributed by atoms with Crippen molar-refractivity contribution in [3.05, 3.63) is 119 Å². The SMILES string of the molecule is COc1ccc(C2(c3ccc(OC(=O)c4ccc(Oc5ccc(C(C)=O)cc5)cc4)cc3)CCCCC2)cc1. The highest BCUT2D eigenvalue weighted by Crippen LogP contribution is 2.45. The first-order chi connectivity index (χ1) is 19.0.